The molecule has 0 spiro atoms. The molecule has 48 heavy (non-hydrogen) atoms. The fraction of sp³-hybridized carbons (Fsp3) is 0.125. The number of benzene rings is 5. The molecular weight excluding hydrogens is 619 g/mol. The predicted molar refractivity (Wildman–Crippen MR) is 194 cm³/mol. The number of carbonyl (C=O) groups is 3. The van der Waals surface area contributed by atoms with Gasteiger partial charge in [0.1, 0.15) is 16.7 Å². The van der Waals surface area contributed by atoms with Gasteiger partial charge in [-0.25, -0.2) is 0 Å². The lowest BCUT2D eigenvalue weighted by atomic mass is 10.1. The standard InChI is InChI=1S/C40H37N3O4S/c1-2-3-27-47-34-23-19-32(20-24-34)42-40(46)37(30-15-9-5-10-16-30)48-35-25-21-33(22-26-35)41-39(45)36(28-29-13-7-4-8-14-29)43-38(44)31-17-11-6-12-18-31/h4-26,28,37H,2-3,27H2,1H3,(H,41,45)(H,42,46)(H,43,44)/b36-28-. The van der Waals surface area contributed by atoms with Gasteiger partial charge in [0.2, 0.25) is 5.91 Å². The molecule has 3 N–H and O–H groups in total. The van der Waals surface area contributed by atoms with Crippen LogP contribution in [-0.2, 0) is 9.59 Å². The fourth-order valence-electron chi connectivity index (χ4n) is 4.69. The molecule has 0 saturated heterocycles. The molecular formula is C40H37N3O4S. The monoisotopic (exact) mass is 655 g/mol. The van der Waals surface area contributed by atoms with Crippen molar-refractivity contribution >= 4 is 46.9 Å². The normalized spacial score (nSPS) is 11.6. The number of thioether (sulfide) groups is 1. The molecule has 8 heteroatoms. The molecule has 1 unspecified atom stereocenters. The minimum absolute atomic E-state index is 0.106. The Hall–Kier alpha value is -5.60. The lowest BCUT2D eigenvalue weighted by Crippen LogP contribution is -2.30. The Labute approximate surface area is 285 Å². The van der Waals surface area contributed by atoms with Crippen LogP contribution in [0, 0.1) is 0 Å². The Balaban J connectivity index is 1.27. The highest BCUT2D eigenvalue weighted by molar-refractivity contribution is 8.00. The summed E-state index contributed by atoms with van der Waals surface area (Å²) in [6.07, 6.45) is 3.68. The van der Waals surface area contributed by atoms with E-state index in [2.05, 4.69) is 22.9 Å². The zero-order valence-electron chi connectivity index (χ0n) is 26.6. The van der Waals surface area contributed by atoms with Gasteiger partial charge in [-0.15, -0.1) is 11.8 Å². The number of ether oxygens (including phenoxy) is 1. The summed E-state index contributed by atoms with van der Waals surface area (Å²) in [6.45, 7) is 2.78. The Morgan fingerprint density at radius 1 is 0.708 bits per heavy atom. The largest absolute Gasteiger partial charge is 0.494 e. The van der Waals surface area contributed by atoms with Gasteiger partial charge in [0, 0.05) is 21.8 Å². The minimum atomic E-state index is -0.527. The highest BCUT2D eigenvalue weighted by Gasteiger charge is 2.23. The lowest BCUT2D eigenvalue weighted by molar-refractivity contribution is -0.116. The van der Waals surface area contributed by atoms with E-state index < -0.39 is 11.2 Å². The molecule has 5 aromatic carbocycles. The van der Waals surface area contributed by atoms with E-state index in [1.807, 2.05) is 103 Å². The van der Waals surface area contributed by atoms with Crippen molar-refractivity contribution in [2.24, 2.45) is 0 Å². The maximum atomic E-state index is 13.6. The van der Waals surface area contributed by atoms with Crippen molar-refractivity contribution in [1.82, 2.24) is 5.32 Å². The lowest BCUT2D eigenvalue weighted by Gasteiger charge is -2.18. The van der Waals surface area contributed by atoms with Crippen LogP contribution in [0.2, 0.25) is 0 Å². The van der Waals surface area contributed by atoms with E-state index in [1.54, 1.807) is 42.5 Å². The number of unbranched alkanes of at least 4 members (excludes halogenated alkanes) is 1. The smallest absolute Gasteiger partial charge is 0.272 e. The van der Waals surface area contributed by atoms with E-state index in [-0.39, 0.29) is 17.5 Å². The maximum Gasteiger partial charge on any atom is 0.272 e. The third-order valence-corrected chi connectivity index (χ3v) is 8.50. The molecule has 0 aliphatic carbocycles. The number of hydrogen-bond acceptors (Lipinski definition) is 5. The number of amides is 3. The molecule has 0 fully saturated rings. The number of anilines is 2. The van der Waals surface area contributed by atoms with Crippen LogP contribution in [0.3, 0.4) is 0 Å². The Kier molecular flexibility index (Phi) is 12.2. The molecule has 0 bridgehead atoms. The van der Waals surface area contributed by atoms with Gasteiger partial charge in [-0.05, 0) is 84.3 Å². The van der Waals surface area contributed by atoms with Crippen molar-refractivity contribution in [2.45, 2.75) is 29.9 Å². The van der Waals surface area contributed by atoms with Crippen molar-refractivity contribution < 1.29 is 19.1 Å². The van der Waals surface area contributed by atoms with Crippen LogP contribution >= 0.6 is 11.8 Å². The van der Waals surface area contributed by atoms with Crippen molar-refractivity contribution in [3.63, 3.8) is 0 Å². The van der Waals surface area contributed by atoms with Crippen molar-refractivity contribution in [1.29, 1.82) is 0 Å². The van der Waals surface area contributed by atoms with Gasteiger partial charge in [-0.1, -0.05) is 92.2 Å². The molecule has 0 aliphatic heterocycles. The molecule has 3 amide bonds. The van der Waals surface area contributed by atoms with Crippen LogP contribution < -0.4 is 20.7 Å². The van der Waals surface area contributed by atoms with Gasteiger partial charge in [0.05, 0.1) is 6.61 Å². The van der Waals surface area contributed by atoms with E-state index in [4.69, 9.17) is 4.74 Å². The van der Waals surface area contributed by atoms with Crippen LogP contribution in [-0.4, -0.2) is 24.3 Å². The number of rotatable bonds is 14. The van der Waals surface area contributed by atoms with Crippen molar-refractivity contribution in [3.8, 4) is 5.75 Å². The Morgan fingerprint density at radius 3 is 1.94 bits per heavy atom. The zero-order valence-corrected chi connectivity index (χ0v) is 27.4. The summed E-state index contributed by atoms with van der Waals surface area (Å²) >= 11 is 1.41. The summed E-state index contributed by atoms with van der Waals surface area (Å²) in [7, 11) is 0. The summed E-state index contributed by atoms with van der Waals surface area (Å²) < 4.78 is 5.75. The second kappa shape index (κ2) is 17.4. The van der Waals surface area contributed by atoms with Gasteiger partial charge in [0.25, 0.3) is 11.8 Å². The van der Waals surface area contributed by atoms with Gasteiger partial charge in [-0.2, -0.15) is 0 Å². The van der Waals surface area contributed by atoms with Crippen LogP contribution in [0.15, 0.2) is 150 Å². The molecule has 0 radical (unpaired) electrons. The summed E-state index contributed by atoms with van der Waals surface area (Å²) in [5, 5.41) is 8.16. The van der Waals surface area contributed by atoms with E-state index in [0.717, 1.165) is 34.6 Å². The van der Waals surface area contributed by atoms with Crippen LogP contribution in [0.5, 0.6) is 5.75 Å². The zero-order chi connectivity index (χ0) is 33.6. The average Bonchev–Trinajstić information content (AvgIpc) is 3.13. The molecule has 7 nitrogen and oxygen atoms in total. The summed E-state index contributed by atoms with van der Waals surface area (Å²) in [6, 6.07) is 42.3. The second-order valence-corrected chi connectivity index (χ2v) is 12.1. The molecule has 242 valence electrons. The highest BCUT2D eigenvalue weighted by atomic mass is 32.2. The van der Waals surface area contributed by atoms with Crippen LogP contribution in [0.1, 0.15) is 46.5 Å². The van der Waals surface area contributed by atoms with E-state index in [0.29, 0.717) is 23.5 Å². The van der Waals surface area contributed by atoms with Gasteiger partial charge in [-0.3, -0.25) is 14.4 Å². The number of carbonyl (C=O) groups excluding carboxylic acids is 3. The van der Waals surface area contributed by atoms with Gasteiger partial charge >= 0.3 is 0 Å². The van der Waals surface area contributed by atoms with Crippen LogP contribution in [0.4, 0.5) is 11.4 Å². The topological polar surface area (TPSA) is 96.5 Å². The number of hydrogen-bond donors (Lipinski definition) is 3. The first-order chi connectivity index (χ1) is 23.5. The quantitative estimate of drug-likeness (QED) is 0.0632. The molecule has 1 atom stereocenters. The van der Waals surface area contributed by atoms with Gasteiger partial charge < -0.3 is 20.7 Å². The van der Waals surface area contributed by atoms with Crippen molar-refractivity contribution in [3.05, 3.63) is 162 Å². The molecule has 0 heterocycles. The minimum Gasteiger partial charge on any atom is -0.494 e. The third kappa shape index (κ3) is 9.95. The molecule has 5 aromatic rings. The third-order valence-electron chi connectivity index (χ3n) is 7.23. The summed E-state index contributed by atoms with van der Waals surface area (Å²) in [5.74, 6) is -0.245. The number of nitrogens with one attached hydrogen (secondary N) is 3. The van der Waals surface area contributed by atoms with E-state index in [1.165, 1.54) is 11.8 Å². The Morgan fingerprint density at radius 2 is 1.29 bits per heavy atom. The Bertz CT molecular complexity index is 1810. The first-order valence-corrected chi connectivity index (χ1v) is 16.7. The van der Waals surface area contributed by atoms with E-state index in [9.17, 15) is 14.4 Å². The highest BCUT2D eigenvalue weighted by Crippen LogP contribution is 2.37. The SMILES string of the molecule is CCCCOc1ccc(NC(=O)C(Sc2ccc(NC(=O)/C(=C/c3ccccc3)NC(=O)c3ccccc3)cc2)c2ccccc2)cc1. The first kappa shape index (κ1) is 33.8. The molecule has 0 saturated carbocycles. The van der Waals surface area contributed by atoms with Gasteiger partial charge in [0.15, 0.2) is 0 Å². The first-order valence-electron chi connectivity index (χ1n) is 15.8. The van der Waals surface area contributed by atoms with Crippen molar-refractivity contribution in [2.75, 3.05) is 17.2 Å². The second-order valence-electron chi connectivity index (χ2n) is 10.9. The molecule has 0 aromatic heterocycles. The average molecular weight is 656 g/mol. The molecule has 0 aliphatic rings. The summed E-state index contributed by atoms with van der Waals surface area (Å²) in [5.41, 5.74) is 3.40. The predicted octanol–water partition coefficient (Wildman–Crippen LogP) is 8.75. The van der Waals surface area contributed by atoms with Crippen LogP contribution in [0.25, 0.3) is 6.08 Å². The fourth-order valence-corrected chi connectivity index (χ4v) is 5.71. The van der Waals surface area contributed by atoms with E-state index >= 15 is 0 Å². The summed E-state index contributed by atoms with van der Waals surface area (Å²) in [4.78, 5) is 40.8. The maximum absolute atomic E-state index is 13.6. The molecule has 5 rings (SSSR count).